The van der Waals surface area contributed by atoms with Crippen LogP contribution in [0.25, 0.3) is 110 Å². The number of hydrogen-bond acceptors (Lipinski definition) is 3. The van der Waals surface area contributed by atoms with Crippen LogP contribution in [0.4, 0.5) is 0 Å². The van der Waals surface area contributed by atoms with Crippen molar-refractivity contribution in [3.05, 3.63) is 249 Å². The van der Waals surface area contributed by atoms with Gasteiger partial charge < -0.3 is 4.57 Å². The second kappa shape index (κ2) is 17.2. The zero-order valence-electron chi connectivity index (χ0n) is 37.7. The molecule has 0 radical (unpaired) electrons. The van der Waals surface area contributed by atoms with Gasteiger partial charge in [0.2, 0.25) is 0 Å². The predicted molar refractivity (Wildman–Crippen MR) is 287 cm³/mol. The van der Waals surface area contributed by atoms with Gasteiger partial charge >= 0.3 is 0 Å². The maximum Gasteiger partial charge on any atom is 0.164 e. The minimum absolute atomic E-state index is 0.100. The zero-order valence-corrected chi connectivity index (χ0v) is 37.7. The van der Waals surface area contributed by atoms with Crippen molar-refractivity contribution >= 4 is 65.3 Å². The van der Waals surface area contributed by atoms with E-state index in [1.807, 2.05) is 61.6 Å². The molecule has 0 spiro atoms. The lowest BCUT2D eigenvalue weighted by Gasteiger charge is -2.21. The van der Waals surface area contributed by atoms with Crippen LogP contribution in [0.3, 0.4) is 0 Å². The first-order chi connectivity index (χ1) is 33.6. The molecule has 11 aromatic rings. The monoisotopic (exact) mass is 870 g/mol. The van der Waals surface area contributed by atoms with Crippen molar-refractivity contribution in [1.29, 1.82) is 0 Å². The minimum atomic E-state index is 0.100. The Labute approximate surface area is 395 Å². The standard InChI is InChI=1S/C64H46N4/c1-3-4-6-19-42(2)62-65-63(43-20-7-5-8-21-43)67-64(66-62)48-24-17-22-44(38-48)45-23-18-25-49(39-45)68-60-33-16-15-32-57(60)59-41-47(35-37-61(59)68)51-27-10-9-26-50(51)46-34-36-56-54-30-12-11-28-52(54)53-29-13-14-31-55(53)58(56)40-46/h3-24,26-41,49H,2,25H2,1H3/b4-3-,19-6-. The number of rotatable bonds is 9. The lowest BCUT2D eigenvalue weighted by molar-refractivity contribution is 0.650. The number of nitrogens with zero attached hydrogens (tertiary/aromatic N) is 4. The topological polar surface area (TPSA) is 43.6 Å². The van der Waals surface area contributed by atoms with Crippen molar-refractivity contribution in [2.75, 3.05) is 0 Å². The summed E-state index contributed by atoms with van der Waals surface area (Å²) in [4.78, 5) is 14.8. The third kappa shape index (κ3) is 7.24. The van der Waals surface area contributed by atoms with E-state index in [4.69, 9.17) is 15.0 Å². The largest absolute Gasteiger partial charge is 0.333 e. The molecule has 0 bridgehead atoms. The summed E-state index contributed by atoms with van der Waals surface area (Å²) in [6.07, 6.45) is 15.7. The lowest BCUT2D eigenvalue weighted by atomic mass is 9.89. The fourth-order valence-electron chi connectivity index (χ4n) is 10.2. The SMILES string of the molecule is C=C(/C=C\C=C/C)c1nc(-c2ccccc2)nc(-c2cccc(C3=CC(n4c5ccccc5c5cc(-c6ccccc6-c6ccc7c8ccccc8c8ccccc8c7c6)ccc54)CC=C3)c2)n1. The Kier molecular flexibility index (Phi) is 10.3. The molecule has 0 amide bonds. The molecule has 0 N–H and O–H groups in total. The summed E-state index contributed by atoms with van der Waals surface area (Å²) in [5.41, 5.74) is 12.1. The van der Waals surface area contributed by atoms with Gasteiger partial charge in [-0.05, 0) is 109 Å². The molecule has 9 aromatic carbocycles. The fraction of sp³-hybridized carbons (Fsp3) is 0.0469. The Morgan fingerprint density at radius 1 is 0.485 bits per heavy atom. The van der Waals surface area contributed by atoms with Crippen molar-refractivity contribution < 1.29 is 0 Å². The number of fused-ring (bicyclic) bond motifs is 9. The summed E-state index contributed by atoms with van der Waals surface area (Å²) in [6.45, 7) is 6.29. The molecule has 2 heterocycles. The average Bonchev–Trinajstić information content (AvgIpc) is 3.75. The van der Waals surface area contributed by atoms with Gasteiger partial charge in [-0.2, -0.15) is 0 Å². The third-order valence-corrected chi connectivity index (χ3v) is 13.4. The smallest absolute Gasteiger partial charge is 0.164 e. The second-order valence-corrected chi connectivity index (χ2v) is 17.5. The Balaban J connectivity index is 0.922. The quantitative estimate of drug-likeness (QED) is 0.107. The summed E-state index contributed by atoms with van der Waals surface area (Å²) >= 11 is 0. The Morgan fingerprint density at radius 3 is 1.76 bits per heavy atom. The van der Waals surface area contributed by atoms with Crippen LogP contribution < -0.4 is 0 Å². The number of para-hydroxylation sites is 1. The number of aromatic nitrogens is 4. The summed E-state index contributed by atoms with van der Waals surface area (Å²) in [7, 11) is 0. The predicted octanol–water partition coefficient (Wildman–Crippen LogP) is 16.8. The molecule has 1 unspecified atom stereocenters. The molecule has 1 aliphatic carbocycles. The van der Waals surface area contributed by atoms with Crippen molar-refractivity contribution in [1.82, 2.24) is 19.5 Å². The van der Waals surface area contributed by atoms with Crippen LogP contribution in [0.1, 0.15) is 30.8 Å². The molecular weight excluding hydrogens is 825 g/mol. The van der Waals surface area contributed by atoms with E-state index in [0.717, 1.165) is 34.3 Å². The molecule has 1 atom stereocenters. The Hall–Kier alpha value is -8.73. The summed E-state index contributed by atoms with van der Waals surface area (Å²) in [5, 5.41) is 10.2. The van der Waals surface area contributed by atoms with Gasteiger partial charge in [0.1, 0.15) is 0 Å². The molecule has 4 heteroatoms. The van der Waals surface area contributed by atoms with Gasteiger partial charge in [0.05, 0.1) is 6.04 Å². The van der Waals surface area contributed by atoms with Gasteiger partial charge in [0.15, 0.2) is 17.5 Å². The second-order valence-electron chi connectivity index (χ2n) is 17.5. The highest BCUT2D eigenvalue weighted by atomic mass is 15.0. The molecule has 0 aliphatic heterocycles. The van der Waals surface area contributed by atoms with Crippen LogP contribution in [0.15, 0.2) is 237 Å². The van der Waals surface area contributed by atoms with Gasteiger partial charge in [-0.1, -0.05) is 207 Å². The summed E-state index contributed by atoms with van der Waals surface area (Å²) in [5.74, 6) is 1.77. The van der Waals surface area contributed by atoms with E-state index in [1.165, 1.54) is 76.4 Å². The summed E-state index contributed by atoms with van der Waals surface area (Å²) < 4.78 is 2.53. The van der Waals surface area contributed by atoms with Crippen molar-refractivity contribution in [2.24, 2.45) is 0 Å². The third-order valence-electron chi connectivity index (χ3n) is 13.4. The van der Waals surface area contributed by atoms with Crippen LogP contribution in [0.5, 0.6) is 0 Å². The van der Waals surface area contributed by atoms with Crippen LogP contribution in [-0.4, -0.2) is 19.5 Å². The summed E-state index contributed by atoms with van der Waals surface area (Å²) in [6, 6.07) is 68.1. The van der Waals surface area contributed by atoms with Gasteiger partial charge in [-0.25, -0.2) is 15.0 Å². The van der Waals surface area contributed by atoms with E-state index >= 15 is 0 Å². The number of allylic oxidation sites excluding steroid dienone is 9. The van der Waals surface area contributed by atoms with Crippen LogP contribution in [0, 0.1) is 0 Å². The van der Waals surface area contributed by atoms with E-state index in [9.17, 15) is 0 Å². The molecule has 0 saturated carbocycles. The van der Waals surface area contributed by atoms with Gasteiger partial charge in [-0.15, -0.1) is 0 Å². The first-order valence-electron chi connectivity index (χ1n) is 23.3. The molecule has 4 nitrogen and oxygen atoms in total. The molecule has 0 saturated heterocycles. The molecule has 0 fully saturated rings. The Morgan fingerprint density at radius 2 is 1.04 bits per heavy atom. The van der Waals surface area contributed by atoms with Crippen LogP contribution in [-0.2, 0) is 0 Å². The van der Waals surface area contributed by atoms with Gasteiger partial charge in [0, 0.05) is 38.5 Å². The van der Waals surface area contributed by atoms with Crippen molar-refractivity contribution in [3.63, 3.8) is 0 Å². The van der Waals surface area contributed by atoms with Gasteiger partial charge in [-0.3, -0.25) is 0 Å². The fourth-order valence-corrected chi connectivity index (χ4v) is 10.2. The lowest BCUT2D eigenvalue weighted by Crippen LogP contribution is -2.08. The number of hydrogen-bond donors (Lipinski definition) is 0. The van der Waals surface area contributed by atoms with Crippen molar-refractivity contribution in [2.45, 2.75) is 19.4 Å². The maximum atomic E-state index is 5.00. The molecule has 2 aromatic heterocycles. The molecule has 1 aliphatic rings. The zero-order chi connectivity index (χ0) is 45.6. The van der Waals surface area contributed by atoms with Crippen molar-refractivity contribution in [3.8, 4) is 45.0 Å². The van der Waals surface area contributed by atoms with E-state index in [0.29, 0.717) is 17.5 Å². The molecule has 68 heavy (non-hydrogen) atoms. The highest BCUT2D eigenvalue weighted by Gasteiger charge is 2.21. The first-order valence-corrected chi connectivity index (χ1v) is 23.3. The Bertz CT molecular complexity index is 3890. The van der Waals surface area contributed by atoms with E-state index < -0.39 is 0 Å². The normalized spacial score (nSPS) is 14.0. The van der Waals surface area contributed by atoms with Gasteiger partial charge in [0.25, 0.3) is 0 Å². The minimum Gasteiger partial charge on any atom is -0.333 e. The van der Waals surface area contributed by atoms with E-state index in [1.54, 1.807) is 0 Å². The van der Waals surface area contributed by atoms with E-state index in [-0.39, 0.29) is 6.04 Å². The molecule has 12 rings (SSSR count). The molecular formula is C64H46N4. The van der Waals surface area contributed by atoms with E-state index in [2.05, 4.69) is 187 Å². The number of benzene rings is 9. The molecule has 322 valence electrons. The first kappa shape index (κ1) is 40.8. The van der Waals surface area contributed by atoms with Crippen LogP contribution >= 0.6 is 0 Å². The van der Waals surface area contributed by atoms with Crippen LogP contribution in [0.2, 0.25) is 0 Å². The highest BCUT2D eigenvalue weighted by molar-refractivity contribution is 6.26. The maximum absolute atomic E-state index is 5.00. The average molecular weight is 871 g/mol. The highest BCUT2D eigenvalue weighted by Crippen LogP contribution is 2.42.